The van der Waals surface area contributed by atoms with E-state index >= 15 is 0 Å². The number of nitrogens with one attached hydrogen (secondary N) is 1. The maximum absolute atomic E-state index is 5.84. The Labute approximate surface area is 109 Å². The van der Waals surface area contributed by atoms with E-state index in [9.17, 15) is 0 Å². The monoisotopic (exact) mass is 249 g/mol. The van der Waals surface area contributed by atoms with Gasteiger partial charge in [-0.1, -0.05) is 26.0 Å². The van der Waals surface area contributed by atoms with Gasteiger partial charge < -0.3 is 14.8 Å². The highest BCUT2D eigenvalue weighted by molar-refractivity contribution is 5.31. The summed E-state index contributed by atoms with van der Waals surface area (Å²) in [6, 6.07) is 8.83. The zero-order chi connectivity index (χ0) is 12.8. The number of ether oxygens (including phenoxy) is 2. The Kier molecular flexibility index (Phi) is 5.02. The van der Waals surface area contributed by atoms with Crippen molar-refractivity contribution in [3.8, 4) is 5.75 Å². The van der Waals surface area contributed by atoms with Gasteiger partial charge in [-0.25, -0.2) is 0 Å². The summed E-state index contributed by atoms with van der Waals surface area (Å²) in [7, 11) is 0. The molecule has 1 atom stereocenters. The molecule has 0 aliphatic carbocycles. The lowest BCUT2D eigenvalue weighted by Gasteiger charge is -2.27. The number of rotatable bonds is 7. The van der Waals surface area contributed by atoms with Crippen LogP contribution in [0.4, 0.5) is 0 Å². The fourth-order valence-electron chi connectivity index (χ4n) is 2.10. The van der Waals surface area contributed by atoms with Crippen LogP contribution in [0.25, 0.3) is 0 Å². The molecule has 1 saturated heterocycles. The van der Waals surface area contributed by atoms with E-state index in [1.54, 1.807) is 0 Å². The van der Waals surface area contributed by atoms with Crippen LogP contribution in [0.3, 0.4) is 0 Å². The van der Waals surface area contributed by atoms with Gasteiger partial charge in [0.2, 0.25) is 0 Å². The first kappa shape index (κ1) is 13.4. The summed E-state index contributed by atoms with van der Waals surface area (Å²) >= 11 is 0. The molecule has 100 valence electrons. The van der Waals surface area contributed by atoms with E-state index in [1.165, 1.54) is 5.56 Å². The molecule has 1 aromatic carbocycles. The Hall–Kier alpha value is -1.06. The summed E-state index contributed by atoms with van der Waals surface area (Å²) in [4.78, 5) is 0. The molecule has 0 saturated carbocycles. The predicted octanol–water partition coefficient (Wildman–Crippen LogP) is 2.91. The third kappa shape index (κ3) is 3.47. The quantitative estimate of drug-likeness (QED) is 0.806. The lowest BCUT2D eigenvalue weighted by Crippen LogP contribution is -2.38. The number of benzene rings is 1. The van der Waals surface area contributed by atoms with Crippen molar-refractivity contribution in [1.82, 2.24) is 5.32 Å². The molecule has 1 fully saturated rings. The lowest BCUT2D eigenvalue weighted by atomic mass is 10.0. The van der Waals surface area contributed by atoms with Gasteiger partial charge >= 0.3 is 0 Å². The number of hydrogen-bond donors (Lipinski definition) is 1. The maximum Gasteiger partial charge on any atom is 0.145 e. The molecule has 0 radical (unpaired) electrons. The minimum absolute atomic E-state index is 0.240. The van der Waals surface area contributed by atoms with Crippen LogP contribution in [0.1, 0.15) is 38.3 Å². The summed E-state index contributed by atoms with van der Waals surface area (Å²) in [6.45, 7) is 6.89. The highest BCUT2D eigenvalue weighted by Gasteiger charge is 2.20. The normalized spacial score (nSPS) is 17.2. The maximum atomic E-state index is 5.84. The summed E-state index contributed by atoms with van der Waals surface area (Å²) in [5, 5.41) is 3.56. The summed E-state index contributed by atoms with van der Waals surface area (Å²) in [5.41, 5.74) is 1.31. The average molecular weight is 249 g/mol. The third-order valence-corrected chi connectivity index (χ3v) is 3.22. The van der Waals surface area contributed by atoms with Crippen molar-refractivity contribution in [2.45, 2.75) is 38.8 Å². The van der Waals surface area contributed by atoms with Gasteiger partial charge in [-0.2, -0.15) is 0 Å². The SMILES string of the molecule is CCCNC(CC)c1cccc(OC2COC2)c1. The standard InChI is InChI=1S/C15H23NO2/c1-3-8-16-15(4-2)12-6-5-7-13(9-12)18-14-10-17-11-14/h5-7,9,14-16H,3-4,8,10-11H2,1-2H3. The van der Waals surface area contributed by atoms with Crippen molar-refractivity contribution in [1.29, 1.82) is 0 Å². The Morgan fingerprint density at radius 3 is 2.83 bits per heavy atom. The Bertz CT molecular complexity index is 363. The second-order valence-corrected chi connectivity index (χ2v) is 4.76. The second kappa shape index (κ2) is 6.76. The van der Waals surface area contributed by atoms with Crippen LogP contribution in [-0.2, 0) is 4.74 Å². The topological polar surface area (TPSA) is 30.5 Å². The molecule has 18 heavy (non-hydrogen) atoms. The summed E-state index contributed by atoms with van der Waals surface area (Å²) in [5.74, 6) is 0.956. The first-order chi connectivity index (χ1) is 8.83. The molecule has 3 nitrogen and oxygen atoms in total. The van der Waals surface area contributed by atoms with E-state index in [2.05, 4.69) is 37.4 Å². The molecule has 3 heteroatoms. The van der Waals surface area contributed by atoms with Crippen molar-refractivity contribution < 1.29 is 9.47 Å². The molecule has 1 heterocycles. The highest BCUT2D eigenvalue weighted by Crippen LogP contribution is 2.23. The smallest absolute Gasteiger partial charge is 0.145 e. The van der Waals surface area contributed by atoms with Gasteiger partial charge in [-0.3, -0.25) is 0 Å². The second-order valence-electron chi connectivity index (χ2n) is 4.76. The van der Waals surface area contributed by atoms with Crippen LogP contribution in [-0.4, -0.2) is 25.9 Å². The Morgan fingerprint density at radius 1 is 1.39 bits per heavy atom. The first-order valence-corrected chi connectivity index (χ1v) is 6.91. The third-order valence-electron chi connectivity index (χ3n) is 3.22. The fraction of sp³-hybridized carbons (Fsp3) is 0.600. The van der Waals surface area contributed by atoms with E-state index in [-0.39, 0.29) is 6.10 Å². The van der Waals surface area contributed by atoms with E-state index < -0.39 is 0 Å². The molecule has 1 aromatic rings. The molecule has 1 aliphatic rings. The zero-order valence-corrected chi connectivity index (χ0v) is 11.3. The minimum atomic E-state index is 0.240. The summed E-state index contributed by atoms with van der Waals surface area (Å²) in [6.07, 6.45) is 2.49. The van der Waals surface area contributed by atoms with E-state index in [4.69, 9.17) is 9.47 Å². The van der Waals surface area contributed by atoms with Crippen LogP contribution < -0.4 is 10.1 Å². The van der Waals surface area contributed by atoms with E-state index in [0.29, 0.717) is 6.04 Å². The molecular formula is C15H23NO2. The Balaban J connectivity index is 1.99. The molecule has 0 bridgehead atoms. The molecule has 0 spiro atoms. The van der Waals surface area contributed by atoms with Crippen LogP contribution in [0.5, 0.6) is 5.75 Å². The van der Waals surface area contributed by atoms with Crippen LogP contribution in [0.2, 0.25) is 0 Å². The molecular weight excluding hydrogens is 226 g/mol. The fourth-order valence-corrected chi connectivity index (χ4v) is 2.10. The van der Waals surface area contributed by atoms with Crippen LogP contribution >= 0.6 is 0 Å². The molecule has 0 aromatic heterocycles. The van der Waals surface area contributed by atoms with Gasteiger partial charge in [0.1, 0.15) is 11.9 Å². The molecule has 1 N–H and O–H groups in total. The predicted molar refractivity (Wildman–Crippen MR) is 73.0 cm³/mol. The lowest BCUT2D eigenvalue weighted by molar-refractivity contribution is -0.0797. The van der Waals surface area contributed by atoms with Crippen molar-refractivity contribution in [2.24, 2.45) is 0 Å². The van der Waals surface area contributed by atoms with Crippen LogP contribution in [0, 0.1) is 0 Å². The molecule has 2 rings (SSSR count). The van der Waals surface area contributed by atoms with Crippen molar-refractivity contribution in [3.63, 3.8) is 0 Å². The molecule has 1 unspecified atom stereocenters. The highest BCUT2D eigenvalue weighted by atomic mass is 16.6. The van der Waals surface area contributed by atoms with Gasteiger partial charge in [0.05, 0.1) is 13.2 Å². The largest absolute Gasteiger partial charge is 0.486 e. The number of hydrogen-bond acceptors (Lipinski definition) is 3. The van der Waals surface area contributed by atoms with Gasteiger partial charge in [0.25, 0.3) is 0 Å². The molecule has 1 aliphatic heterocycles. The van der Waals surface area contributed by atoms with Crippen molar-refractivity contribution in [3.05, 3.63) is 29.8 Å². The van der Waals surface area contributed by atoms with Crippen molar-refractivity contribution in [2.75, 3.05) is 19.8 Å². The minimum Gasteiger partial charge on any atom is -0.486 e. The summed E-state index contributed by atoms with van der Waals surface area (Å²) < 4.78 is 11.0. The van der Waals surface area contributed by atoms with Gasteiger partial charge in [0, 0.05) is 6.04 Å². The van der Waals surface area contributed by atoms with Gasteiger partial charge in [0.15, 0.2) is 0 Å². The average Bonchev–Trinajstić information content (AvgIpc) is 2.35. The van der Waals surface area contributed by atoms with Crippen molar-refractivity contribution >= 4 is 0 Å². The first-order valence-electron chi connectivity index (χ1n) is 6.91. The van der Waals surface area contributed by atoms with Gasteiger partial charge in [-0.15, -0.1) is 0 Å². The molecule has 0 amide bonds. The Morgan fingerprint density at radius 2 is 2.22 bits per heavy atom. The zero-order valence-electron chi connectivity index (χ0n) is 11.3. The van der Waals surface area contributed by atoms with Crippen LogP contribution in [0.15, 0.2) is 24.3 Å². The van der Waals surface area contributed by atoms with E-state index in [1.807, 2.05) is 6.07 Å². The van der Waals surface area contributed by atoms with Gasteiger partial charge in [-0.05, 0) is 37.1 Å². The van der Waals surface area contributed by atoms with E-state index in [0.717, 1.165) is 38.3 Å².